The molecule has 1 N–H and O–H groups in total. The molecule has 1 aliphatic heterocycles. The van der Waals surface area contributed by atoms with E-state index in [1.807, 2.05) is 13.0 Å². The zero-order valence-electron chi connectivity index (χ0n) is 15.8. The summed E-state index contributed by atoms with van der Waals surface area (Å²) < 4.78 is 0. The van der Waals surface area contributed by atoms with Gasteiger partial charge in [-0.15, -0.1) is 0 Å². The fraction of sp³-hybridized carbons (Fsp3) is 0.619. The van der Waals surface area contributed by atoms with Gasteiger partial charge in [-0.05, 0) is 57.0 Å². The van der Waals surface area contributed by atoms with Crippen molar-refractivity contribution < 1.29 is 4.79 Å². The fourth-order valence-electron chi connectivity index (χ4n) is 4.93. The van der Waals surface area contributed by atoms with E-state index in [0.29, 0.717) is 0 Å². The molecule has 138 valence electrons. The van der Waals surface area contributed by atoms with Crippen molar-refractivity contribution >= 4 is 17.3 Å². The number of carbonyl (C=O) groups excluding carboxylic acids is 1. The van der Waals surface area contributed by atoms with Crippen LogP contribution in [0.25, 0.3) is 0 Å². The van der Waals surface area contributed by atoms with E-state index in [1.54, 1.807) is 0 Å². The van der Waals surface area contributed by atoms with Gasteiger partial charge in [-0.25, -0.2) is 0 Å². The number of anilines is 2. The molecule has 1 aromatic rings. The third-order valence-electron chi connectivity index (χ3n) is 6.85. The number of nitrogens with zero attached hydrogens (tertiary/aromatic N) is 3. The van der Waals surface area contributed by atoms with E-state index in [-0.39, 0.29) is 11.3 Å². The summed E-state index contributed by atoms with van der Waals surface area (Å²) in [5, 5.41) is 12.8. The molecule has 1 heterocycles. The van der Waals surface area contributed by atoms with Gasteiger partial charge in [-0.2, -0.15) is 5.26 Å². The van der Waals surface area contributed by atoms with Crippen molar-refractivity contribution in [1.82, 2.24) is 4.90 Å². The van der Waals surface area contributed by atoms with E-state index < -0.39 is 5.41 Å². The zero-order chi connectivity index (χ0) is 18.4. The van der Waals surface area contributed by atoms with Gasteiger partial charge in [0.05, 0.1) is 6.07 Å². The lowest BCUT2D eigenvalue weighted by Gasteiger charge is -2.34. The number of nitrogens with one attached hydrogen (secondary N) is 1. The number of hydrogen-bond donors (Lipinski definition) is 1. The Morgan fingerprint density at radius 3 is 2.50 bits per heavy atom. The maximum absolute atomic E-state index is 12.9. The Morgan fingerprint density at radius 2 is 1.88 bits per heavy atom. The van der Waals surface area contributed by atoms with Crippen molar-refractivity contribution in [3.8, 4) is 6.07 Å². The summed E-state index contributed by atoms with van der Waals surface area (Å²) in [6, 6.07) is 8.60. The molecule has 3 fully saturated rings. The first-order valence-electron chi connectivity index (χ1n) is 9.77. The van der Waals surface area contributed by atoms with Crippen molar-refractivity contribution in [3.63, 3.8) is 0 Å². The fourth-order valence-corrected chi connectivity index (χ4v) is 4.93. The zero-order valence-corrected chi connectivity index (χ0v) is 15.8. The third kappa shape index (κ3) is 2.68. The Balaban J connectivity index is 1.47. The number of hydrogen-bond acceptors (Lipinski definition) is 4. The van der Waals surface area contributed by atoms with Crippen LogP contribution in [-0.2, 0) is 4.79 Å². The minimum Gasteiger partial charge on any atom is -0.369 e. The van der Waals surface area contributed by atoms with E-state index in [4.69, 9.17) is 0 Å². The topological polar surface area (TPSA) is 59.4 Å². The maximum atomic E-state index is 12.9. The largest absolute Gasteiger partial charge is 0.369 e. The van der Waals surface area contributed by atoms with E-state index in [2.05, 4.69) is 40.4 Å². The molecular weight excluding hydrogens is 324 g/mol. The van der Waals surface area contributed by atoms with Gasteiger partial charge >= 0.3 is 0 Å². The smallest absolute Gasteiger partial charge is 0.245 e. The van der Waals surface area contributed by atoms with Gasteiger partial charge in [0.15, 0.2) is 0 Å². The lowest BCUT2D eigenvalue weighted by molar-refractivity contribution is -0.120. The summed E-state index contributed by atoms with van der Waals surface area (Å²) in [5.41, 5.74) is 2.26. The minimum atomic E-state index is -0.800. The van der Waals surface area contributed by atoms with Gasteiger partial charge in [-0.1, -0.05) is 12.8 Å². The molecule has 1 saturated heterocycles. The number of piperazine rings is 1. The first-order chi connectivity index (χ1) is 12.5. The number of amides is 1. The van der Waals surface area contributed by atoms with Crippen molar-refractivity contribution in [2.75, 3.05) is 43.4 Å². The number of nitriles is 1. The van der Waals surface area contributed by atoms with Crippen LogP contribution in [0.5, 0.6) is 0 Å². The highest BCUT2D eigenvalue weighted by atomic mass is 16.2. The van der Waals surface area contributed by atoms with Crippen LogP contribution >= 0.6 is 0 Å². The van der Waals surface area contributed by atoms with Crippen LogP contribution in [0.3, 0.4) is 0 Å². The van der Waals surface area contributed by atoms with Gasteiger partial charge in [-0.3, -0.25) is 4.79 Å². The molecule has 0 radical (unpaired) electrons. The molecule has 5 nitrogen and oxygen atoms in total. The Labute approximate surface area is 156 Å². The minimum absolute atomic E-state index is 0.0422. The van der Waals surface area contributed by atoms with Gasteiger partial charge < -0.3 is 15.1 Å². The molecule has 1 atom stereocenters. The number of aryl methyl sites for hydroxylation is 1. The van der Waals surface area contributed by atoms with Crippen molar-refractivity contribution in [2.45, 2.75) is 39.0 Å². The molecule has 0 aromatic heterocycles. The van der Waals surface area contributed by atoms with Crippen LogP contribution in [0.4, 0.5) is 11.4 Å². The van der Waals surface area contributed by atoms with E-state index in [1.165, 1.54) is 5.69 Å². The maximum Gasteiger partial charge on any atom is 0.245 e. The Hall–Kier alpha value is -2.06. The molecule has 4 rings (SSSR count). The molecule has 2 aliphatic carbocycles. The molecule has 1 aromatic carbocycles. The highest BCUT2D eigenvalue weighted by Crippen LogP contribution is 2.71. The van der Waals surface area contributed by atoms with Gasteiger partial charge in [0.25, 0.3) is 0 Å². The van der Waals surface area contributed by atoms with Crippen LogP contribution < -0.4 is 10.2 Å². The summed E-state index contributed by atoms with van der Waals surface area (Å²) in [5.74, 6) is -0.0997. The molecule has 3 aliphatic rings. The first kappa shape index (κ1) is 17.4. The summed E-state index contributed by atoms with van der Waals surface area (Å²) in [4.78, 5) is 17.6. The first-order valence-corrected chi connectivity index (χ1v) is 9.77. The second-order valence-electron chi connectivity index (χ2n) is 8.43. The van der Waals surface area contributed by atoms with Crippen LogP contribution in [-0.4, -0.2) is 44.0 Å². The van der Waals surface area contributed by atoms with Crippen LogP contribution in [0, 0.1) is 29.1 Å². The van der Waals surface area contributed by atoms with Gasteiger partial charge in [0.2, 0.25) is 5.91 Å². The molecule has 5 heteroatoms. The monoisotopic (exact) mass is 352 g/mol. The second-order valence-corrected chi connectivity index (χ2v) is 8.43. The molecular formula is C21H28N4O. The average molecular weight is 352 g/mol. The van der Waals surface area contributed by atoms with Gasteiger partial charge in [0.1, 0.15) is 5.41 Å². The molecule has 26 heavy (non-hydrogen) atoms. The molecule has 0 bridgehead atoms. The Kier molecular flexibility index (Phi) is 4.19. The molecule has 1 amide bonds. The highest BCUT2D eigenvalue weighted by molar-refractivity contribution is 6.01. The van der Waals surface area contributed by atoms with E-state index >= 15 is 0 Å². The summed E-state index contributed by atoms with van der Waals surface area (Å²) in [7, 11) is 2.15. The van der Waals surface area contributed by atoms with Crippen molar-refractivity contribution in [1.29, 1.82) is 5.26 Å². The quantitative estimate of drug-likeness (QED) is 0.908. The third-order valence-corrected chi connectivity index (χ3v) is 6.85. The summed E-state index contributed by atoms with van der Waals surface area (Å²) in [6.07, 6.45) is 5.08. The number of benzene rings is 1. The lowest BCUT2D eigenvalue weighted by Crippen LogP contribution is -2.44. The molecule has 1 spiro atoms. The van der Waals surface area contributed by atoms with Crippen LogP contribution in [0.1, 0.15) is 37.7 Å². The van der Waals surface area contributed by atoms with E-state index in [0.717, 1.165) is 69.5 Å². The summed E-state index contributed by atoms with van der Waals surface area (Å²) in [6.45, 7) is 6.24. The van der Waals surface area contributed by atoms with Gasteiger partial charge in [0, 0.05) is 43.0 Å². The average Bonchev–Trinajstić information content (AvgIpc) is 3.03. The SMILES string of the molecule is Cc1cc(N2CCN(C)CC2)ccc1NC(=O)[C@@]1(C#N)CC12CCCC2. The highest BCUT2D eigenvalue weighted by Gasteiger charge is 2.72. The Morgan fingerprint density at radius 1 is 1.19 bits per heavy atom. The Bertz CT molecular complexity index is 754. The number of carbonyl (C=O) groups is 1. The summed E-state index contributed by atoms with van der Waals surface area (Å²) >= 11 is 0. The number of rotatable bonds is 3. The van der Waals surface area contributed by atoms with Crippen LogP contribution in [0.2, 0.25) is 0 Å². The predicted molar refractivity (Wildman–Crippen MR) is 103 cm³/mol. The predicted octanol–water partition coefficient (Wildman–Crippen LogP) is 3.16. The lowest BCUT2D eigenvalue weighted by atomic mass is 9.91. The molecule has 0 unspecified atom stereocenters. The molecule has 2 saturated carbocycles. The van der Waals surface area contributed by atoms with E-state index in [9.17, 15) is 10.1 Å². The second kappa shape index (κ2) is 6.28. The standard InChI is InChI=1S/C21H28N4O/c1-16-13-17(25-11-9-24(2)10-12-25)5-6-18(16)23-19(26)21(15-22)14-20(21)7-3-4-8-20/h5-6,13H,3-4,7-12,14H2,1-2H3,(H,23,26)/t21-/m0/s1. The van der Waals surface area contributed by atoms with Crippen LogP contribution in [0.15, 0.2) is 18.2 Å². The normalized spacial score (nSPS) is 27.3. The van der Waals surface area contributed by atoms with Crippen molar-refractivity contribution in [2.24, 2.45) is 10.8 Å². The van der Waals surface area contributed by atoms with Crippen molar-refractivity contribution in [3.05, 3.63) is 23.8 Å². The number of likely N-dealkylation sites (N-methyl/N-ethyl adjacent to an activating group) is 1.